The molecular formula is C27H29F2N7O5S. The van der Waals surface area contributed by atoms with Crippen LogP contribution in [0.4, 0.5) is 14.5 Å². The number of fused-ring (bicyclic) bond motifs is 1. The molecule has 42 heavy (non-hydrogen) atoms. The highest BCUT2D eigenvalue weighted by Gasteiger charge is 2.42. The molecule has 6 rings (SSSR count). The van der Waals surface area contributed by atoms with Gasteiger partial charge in [-0.05, 0) is 69.1 Å². The molecule has 0 aliphatic carbocycles. The molecule has 0 bridgehead atoms. The van der Waals surface area contributed by atoms with Crippen LogP contribution in [0.2, 0.25) is 0 Å². The molecule has 0 radical (unpaired) electrons. The number of alkyl halides is 1. The smallest absolute Gasteiger partial charge is 0.312 e. The lowest BCUT2D eigenvalue weighted by molar-refractivity contribution is -0.0196. The van der Waals surface area contributed by atoms with Crippen LogP contribution in [-0.4, -0.2) is 67.5 Å². The molecule has 1 aromatic heterocycles. The second-order valence-corrected chi connectivity index (χ2v) is 12.2. The molecule has 0 saturated carbocycles. The maximum atomic E-state index is 14.9. The first-order chi connectivity index (χ1) is 20.2. The number of nitrogens with one attached hydrogen (secondary N) is 3. The SMILES string of the molecule is N#Cc1c(NS(=O)(=O)NN2CC[C@@H](F)C2)ccc(F)c1Oc1ccc2ncn([C@H]3COC4(CCNCC4)C3)c(=O)c2c1. The largest absolute Gasteiger partial charge is 0.453 e. The second kappa shape index (κ2) is 11.2. The predicted octanol–water partition coefficient (Wildman–Crippen LogP) is 2.49. The van der Waals surface area contributed by atoms with Gasteiger partial charge in [0.1, 0.15) is 23.6 Å². The molecule has 3 aromatic rings. The predicted molar refractivity (Wildman–Crippen MR) is 148 cm³/mol. The van der Waals surface area contributed by atoms with Gasteiger partial charge >= 0.3 is 10.2 Å². The maximum Gasteiger partial charge on any atom is 0.312 e. The van der Waals surface area contributed by atoms with E-state index in [0.29, 0.717) is 18.5 Å². The van der Waals surface area contributed by atoms with Gasteiger partial charge in [-0.15, -0.1) is 4.83 Å². The quantitative estimate of drug-likeness (QED) is 0.371. The van der Waals surface area contributed by atoms with Crippen LogP contribution < -0.4 is 25.2 Å². The number of ether oxygens (including phenoxy) is 2. The van der Waals surface area contributed by atoms with Crippen molar-refractivity contribution in [2.45, 2.75) is 43.5 Å². The number of halogens is 2. The van der Waals surface area contributed by atoms with Crippen molar-refractivity contribution in [3.05, 3.63) is 58.4 Å². The van der Waals surface area contributed by atoms with Gasteiger partial charge < -0.3 is 14.8 Å². The number of anilines is 1. The van der Waals surface area contributed by atoms with Crippen LogP contribution in [0.25, 0.3) is 10.9 Å². The molecule has 222 valence electrons. The molecule has 12 nitrogen and oxygen atoms in total. The highest BCUT2D eigenvalue weighted by molar-refractivity contribution is 7.90. The lowest BCUT2D eigenvalue weighted by Crippen LogP contribution is -2.43. The third-order valence-corrected chi connectivity index (χ3v) is 8.90. The zero-order valence-corrected chi connectivity index (χ0v) is 23.3. The van der Waals surface area contributed by atoms with Crippen molar-refractivity contribution >= 4 is 26.8 Å². The first-order valence-electron chi connectivity index (χ1n) is 13.6. The molecule has 3 aliphatic rings. The molecule has 3 fully saturated rings. The molecule has 3 aliphatic heterocycles. The van der Waals surface area contributed by atoms with E-state index >= 15 is 0 Å². The van der Waals surface area contributed by atoms with Crippen LogP contribution in [0, 0.1) is 17.1 Å². The highest BCUT2D eigenvalue weighted by atomic mass is 32.2. The van der Waals surface area contributed by atoms with Crippen LogP contribution >= 0.6 is 0 Å². The number of hydrogen-bond acceptors (Lipinski definition) is 9. The van der Waals surface area contributed by atoms with Gasteiger partial charge in [-0.3, -0.25) is 14.1 Å². The average Bonchev–Trinajstić information content (AvgIpc) is 3.56. The van der Waals surface area contributed by atoms with E-state index in [9.17, 15) is 27.3 Å². The Labute approximate surface area is 240 Å². The number of benzene rings is 2. The van der Waals surface area contributed by atoms with E-state index in [2.05, 4.69) is 19.9 Å². The summed E-state index contributed by atoms with van der Waals surface area (Å²) in [5.74, 6) is -1.39. The van der Waals surface area contributed by atoms with E-state index in [1.807, 2.05) is 0 Å². The molecule has 2 aromatic carbocycles. The van der Waals surface area contributed by atoms with E-state index in [1.165, 1.54) is 23.5 Å². The van der Waals surface area contributed by atoms with Gasteiger partial charge in [0.2, 0.25) is 0 Å². The van der Waals surface area contributed by atoms with E-state index in [0.717, 1.165) is 38.1 Å². The zero-order valence-electron chi connectivity index (χ0n) is 22.5. The first kappa shape index (κ1) is 28.4. The van der Waals surface area contributed by atoms with E-state index in [-0.39, 0.29) is 53.5 Å². The normalized spacial score (nSPS) is 22.4. The Morgan fingerprint density at radius 3 is 2.79 bits per heavy atom. The van der Waals surface area contributed by atoms with Crippen LogP contribution in [0.3, 0.4) is 0 Å². The summed E-state index contributed by atoms with van der Waals surface area (Å²) >= 11 is 0. The number of aromatic nitrogens is 2. The lowest BCUT2D eigenvalue weighted by Gasteiger charge is -2.32. The van der Waals surface area contributed by atoms with Crippen LogP contribution in [-0.2, 0) is 14.9 Å². The summed E-state index contributed by atoms with van der Waals surface area (Å²) in [5, 5.41) is 14.6. The summed E-state index contributed by atoms with van der Waals surface area (Å²) in [5.41, 5.74) is -0.812. The van der Waals surface area contributed by atoms with Gasteiger partial charge in [0.15, 0.2) is 11.6 Å². The summed E-state index contributed by atoms with van der Waals surface area (Å²) in [6.45, 7) is 2.17. The average molecular weight is 602 g/mol. The first-order valence-corrected chi connectivity index (χ1v) is 15.1. The number of hydrogen-bond donors (Lipinski definition) is 3. The molecule has 0 amide bonds. The second-order valence-electron chi connectivity index (χ2n) is 10.8. The molecular weight excluding hydrogens is 572 g/mol. The Bertz CT molecular complexity index is 1720. The number of piperidine rings is 1. The van der Waals surface area contributed by atoms with Crippen molar-refractivity contribution in [3.63, 3.8) is 0 Å². The van der Waals surface area contributed by atoms with Crippen molar-refractivity contribution in [2.24, 2.45) is 0 Å². The Morgan fingerprint density at radius 1 is 1.24 bits per heavy atom. The minimum Gasteiger partial charge on any atom is -0.453 e. The Kier molecular flexibility index (Phi) is 7.58. The minimum atomic E-state index is -4.27. The van der Waals surface area contributed by atoms with Crippen molar-refractivity contribution in [1.29, 1.82) is 5.26 Å². The van der Waals surface area contributed by atoms with Gasteiger partial charge in [0.25, 0.3) is 5.56 Å². The van der Waals surface area contributed by atoms with Gasteiger partial charge in [0.05, 0.1) is 41.2 Å². The summed E-state index contributed by atoms with van der Waals surface area (Å²) in [4.78, 5) is 20.1. The monoisotopic (exact) mass is 601 g/mol. The van der Waals surface area contributed by atoms with Crippen LogP contribution in [0.5, 0.6) is 11.5 Å². The minimum absolute atomic E-state index is 0.0521. The zero-order chi connectivity index (χ0) is 29.5. The van der Waals surface area contributed by atoms with Crippen LogP contribution in [0.1, 0.15) is 37.3 Å². The van der Waals surface area contributed by atoms with Gasteiger partial charge in [-0.2, -0.15) is 13.7 Å². The van der Waals surface area contributed by atoms with E-state index in [4.69, 9.17) is 9.47 Å². The summed E-state index contributed by atoms with van der Waals surface area (Å²) < 4.78 is 69.3. The molecule has 0 unspecified atom stereocenters. The van der Waals surface area contributed by atoms with Gasteiger partial charge in [-0.25, -0.2) is 18.8 Å². The van der Waals surface area contributed by atoms with Gasteiger partial charge in [-0.1, -0.05) is 0 Å². The number of rotatable bonds is 7. The van der Waals surface area contributed by atoms with Crippen LogP contribution in [0.15, 0.2) is 41.5 Å². The van der Waals surface area contributed by atoms with E-state index < -0.39 is 33.5 Å². The van der Waals surface area contributed by atoms with Crippen molar-refractivity contribution in [2.75, 3.05) is 37.5 Å². The summed E-state index contributed by atoms with van der Waals surface area (Å²) in [6, 6.07) is 8.07. The molecule has 4 heterocycles. The third kappa shape index (κ3) is 5.68. The van der Waals surface area contributed by atoms with Gasteiger partial charge in [0, 0.05) is 13.1 Å². The van der Waals surface area contributed by atoms with Crippen molar-refractivity contribution in [3.8, 4) is 17.6 Å². The highest BCUT2D eigenvalue weighted by Crippen LogP contribution is 2.39. The molecule has 15 heteroatoms. The van der Waals surface area contributed by atoms with Crippen molar-refractivity contribution in [1.82, 2.24) is 24.7 Å². The Morgan fingerprint density at radius 2 is 2.05 bits per heavy atom. The Balaban J connectivity index is 1.26. The fourth-order valence-corrected chi connectivity index (χ4v) is 6.79. The third-order valence-electron chi connectivity index (χ3n) is 7.92. The molecule has 2 atom stereocenters. The Hall–Kier alpha value is -3.68. The maximum absolute atomic E-state index is 14.9. The number of nitrogens with zero attached hydrogens (tertiary/aromatic N) is 4. The summed E-state index contributed by atoms with van der Waals surface area (Å²) in [7, 11) is -4.27. The molecule has 3 saturated heterocycles. The summed E-state index contributed by atoms with van der Waals surface area (Å²) in [6.07, 6.45) is 2.95. The standard InChI is InChI=1S/C27H29F2N7O5S/c28-17-5-10-35(14-17)34-42(38,39)33-24-4-2-22(29)25(21(24)13-30)41-19-1-3-23-20(11-19)26(37)36(16-32-23)18-12-27(40-15-18)6-8-31-9-7-27/h1-4,11,16-18,31,33-34H,5-10,12,14-15H2/t17-,18-/m1/s1. The van der Waals surface area contributed by atoms with Crippen molar-refractivity contribution < 1.29 is 26.7 Å². The fraction of sp³-hybridized carbons (Fsp3) is 0.444. The fourth-order valence-electron chi connectivity index (χ4n) is 5.78. The molecule has 3 N–H and O–H groups in total. The number of hydrazine groups is 1. The lowest BCUT2D eigenvalue weighted by atomic mass is 9.88. The van der Waals surface area contributed by atoms with E-state index in [1.54, 1.807) is 16.7 Å². The number of nitriles is 1. The molecule has 1 spiro atoms. The topological polar surface area (TPSA) is 151 Å².